The molecule has 0 aliphatic heterocycles. The second kappa shape index (κ2) is 9.58. The van der Waals surface area contributed by atoms with Crippen LogP contribution in [0.1, 0.15) is 18.3 Å². The highest BCUT2D eigenvalue weighted by Gasteiger charge is 2.11. The molecule has 0 unspecified atom stereocenters. The van der Waals surface area contributed by atoms with Crippen molar-refractivity contribution in [2.24, 2.45) is 0 Å². The summed E-state index contributed by atoms with van der Waals surface area (Å²) in [5.74, 6) is 1.76. The Morgan fingerprint density at radius 2 is 1.74 bits per heavy atom. The van der Waals surface area contributed by atoms with Crippen LogP contribution in [0.4, 0.5) is 5.69 Å². The number of carbonyl (C=O) groups excluding carboxylic acids is 1. The van der Waals surface area contributed by atoms with Crippen LogP contribution in [0, 0.1) is 0 Å². The maximum atomic E-state index is 12.2. The fourth-order valence-corrected chi connectivity index (χ4v) is 3.00. The molecular weight excluding hydrogens is 390 g/mol. The number of ether oxygens (including phenoxy) is 1. The van der Waals surface area contributed by atoms with Crippen molar-refractivity contribution in [3.05, 3.63) is 90.8 Å². The average molecular weight is 411 g/mol. The molecule has 1 amide bonds. The van der Waals surface area contributed by atoms with Crippen molar-refractivity contribution in [1.82, 2.24) is 19.9 Å². The maximum Gasteiger partial charge on any atom is 0.228 e. The molecule has 7 heteroatoms. The number of carbonyl (C=O) groups is 1. The van der Waals surface area contributed by atoms with Gasteiger partial charge in [-0.2, -0.15) is 0 Å². The molecule has 0 radical (unpaired) electrons. The van der Waals surface area contributed by atoms with Crippen LogP contribution in [0.25, 0.3) is 11.3 Å². The highest BCUT2D eigenvalue weighted by Crippen LogP contribution is 2.30. The molecule has 0 bridgehead atoms. The Bertz CT molecular complexity index is 1160. The fourth-order valence-electron chi connectivity index (χ4n) is 3.00. The van der Waals surface area contributed by atoms with Gasteiger partial charge in [0.25, 0.3) is 0 Å². The second-order valence-corrected chi connectivity index (χ2v) is 6.77. The third-order valence-corrected chi connectivity index (χ3v) is 4.54. The van der Waals surface area contributed by atoms with Crippen molar-refractivity contribution in [2.45, 2.75) is 19.8 Å². The number of pyridine rings is 2. The summed E-state index contributed by atoms with van der Waals surface area (Å²) < 4.78 is 6.01. The molecule has 0 aliphatic carbocycles. The summed E-state index contributed by atoms with van der Waals surface area (Å²) in [4.78, 5) is 29.3. The largest absolute Gasteiger partial charge is 0.438 e. The minimum atomic E-state index is -0.0950. The predicted octanol–water partition coefficient (Wildman–Crippen LogP) is 4.47. The first kappa shape index (κ1) is 20.2. The third kappa shape index (κ3) is 5.27. The molecular formula is C24H21N5O2. The molecule has 154 valence electrons. The van der Waals surface area contributed by atoms with Crippen LogP contribution in [-0.4, -0.2) is 25.8 Å². The van der Waals surface area contributed by atoms with Crippen molar-refractivity contribution in [2.75, 3.05) is 5.32 Å². The van der Waals surface area contributed by atoms with Crippen molar-refractivity contribution in [1.29, 1.82) is 0 Å². The number of nitrogens with one attached hydrogen (secondary N) is 1. The molecule has 0 saturated carbocycles. The summed E-state index contributed by atoms with van der Waals surface area (Å²) >= 11 is 0. The molecule has 1 N–H and O–H groups in total. The topological polar surface area (TPSA) is 89.9 Å². The number of anilines is 1. The number of nitrogens with zero attached hydrogens (tertiary/aromatic N) is 4. The Morgan fingerprint density at radius 3 is 2.52 bits per heavy atom. The van der Waals surface area contributed by atoms with Crippen LogP contribution in [0.5, 0.6) is 11.6 Å². The summed E-state index contributed by atoms with van der Waals surface area (Å²) in [6.45, 7) is 2.01. The molecule has 3 aromatic heterocycles. The van der Waals surface area contributed by atoms with Crippen LogP contribution in [0.3, 0.4) is 0 Å². The van der Waals surface area contributed by atoms with Gasteiger partial charge in [-0.1, -0.05) is 19.1 Å². The lowest BCUT2D eigenvalue weighted by atomic mass is 10.1. The van der Waals surface area contributed by atoms with E-state index in [0.717, 1.165) is 34.8 Å². The lowest BCUT2D eigenvalue weighted by molar-refractivity contribution is -0.115. The molecule has 1 aromatic carbocycles. The zero-order chi connectivity index (χ0) is 21.5. The van der Waals surface area contributed by atoms with E-state index in [9.17, 15) is 4.79 Å². The smallest absolute Gasteiger partial charge is 0.228 e. The molecule has 7 nitrogen and oxygen atoms in total. The first-order valence-electron chi connectivity index (χ1n) is 9.95. The standard InChI is InChI=1S/C24H21N5O2/c1-2-22-26-15-11-21(29-22)20-4-3-12-27-24(20)31-19-7-5-17(6-8-19)16-23(30)28-18-9-13-25-14-10-18/h3-15H,2,16H2,1H3,(H,25,28,30). The van der Waals surface area contributed by atoms with Crippen molar-refractivity contribution < 1.29 is 9.53 Å². The second-order valence-electron chi connectivity index (χ2n) is 6.77. The van der Waals surface area contributed by atoms with Gasteiger partial charge in [0, 0.05) is 36.9 Å². The van der Waals surface area contributed by atoms with Gasteiger partial charge in [0.15, 0.2) is 0 Å². The fraction of sp³-hybridized carbons (Fsp3) is 0.125. The van der Waals surface area contributed by atoms with E-state index >= 15 is 0 Å². The Kier molecular flexibility index (Phi) is 6.23. The third-order valence-electron chi connectivity index (χ3n) is 4.54. The zero-order valence-electron chi connectivity index (χ0n) is 17.0. The van der Waals surface area contributed by atoms with Gasteiger partial charge in [-0.3, -0.25) is 9.78 Å². The molecule has 0 saturated heterocycles. The van der Waals surface area contributed by atoms with E-state index in [2.05, 4.69) is 25.3 Å². The van der Waals surface area contributed by atoms with Crippen molar-refractivity contribution in [3.63, 3.8) is 0 Å². The minimum absolute atomic E-state index is 0.0950. The van der Waals surface area contributed by atoms with E-state index in [0.29, 0.717) is 11.6 Å². The van der Waals surface area contributed by atoms with Gasteiger partial charge in [-0.25, -0.2) is 15.0 Å². The van der Waals surface area contributed by atoms with Crippen LogP contribution >= 0.6 is 0 Å². The van der Waals surface area contributed by atoms with Gasteiger partial charge in [-0.05, 0) is 48.0 Å². The summed E-state index contributed by atoms with van der Waals surface area (Å²) in [6.07, 6.45) is 7.71. The SMILES string of the molecule is CCc1nccc(-c2cccnc2Oc2ccc(CC(=O)Nc3ccncc3)cc2)n1. The van der Waals surface area contributed by atoms with Crippen LogP contribution in [0.2, 0.25) is 0 Å². The Hall–Kier alpha value is -4.13. The first-order valence-corrected chi connectivity index (χ1v) is 9.95. The van der Waals surface area contributed by atoms with E-state index in [1.54, 1.807) is 36.9 Å². The van der Waals surface area contributed by atoms with Crippen LogP contribution < -0.4 is 10.1 Å². The molecule has 0 aliphatic rings. The Balaban J connectivity index is 1.45. The van der Waals surface area contributed by atoms with E-state index in [4.69, 9.17) is 4.74 Å². The molecule has 0 fully saturated rings. The van der Waals surface area contributed by atoms with E-state index in [1.807, 2.05) is 49.4 Å². The molecule has 0 spiro atoms. The normalized spacial score (nSPS) is 10.5. The molecule has 31 heavy (non-hydrogen) atoms. The molecule has 4 aromatic rings. The first-order chi connectivity index (χ1) is 15.2. The zero-order valence-corrected chi connectivity index (χ0v) is 17.0. The number of hydrogen-bond acceptors (Lipinski definition) is 6. The number of aromatic nitrogens is 4. The van der Waals surface area contributed by atoms with E-state index in [1.165, 1.54) is 0 Å². The Morgan fingerprint density at radius 1 is 0.935 bits per heavy atom. The summed E-state index contributed by atoms with van der Waals surface area (Å²) in [5.41, 5.74) is 3.15. The molecule has 0 atom stereocenters. The molecule has 3 heterocycles. The molecule has 4 rings (SSSR count). The lowest BCUT2D eigenvalue weighted by Crippen LogP contribution is -2.14. The highest BCUT2D eigenvalue weighted by molar-refractivity contribution is 5.92. The Labute approximate surface area is 180 Å². The van der Waals surface area contributed by atoms with Gasteiger partial charge in [-0.15, -0.1) is 0 Å². The van der Waals surface area contributed by atoms with Gasteiger partial charge < -0.3 is 10.1 Å². The number of aryl methyl sites for hydroxylation is 1. The van der Waals surface area contributed by atoms with Gasteiger partial charge in [0.1, 0.15) is 11.6 Å². The monoisotopic (exact) mass is 411 g/mol. The van der Waals surface area contributed by atoms with E-state index < -0.39 is 0 Å². The van der Waals surface area contributed by atoms with Gasteiger partial charge in [0.05, 0.1) is 17.7 Å². The van der Waals surface area contributed by atoms with Crippen LogP contribution in [-0.2, 0) is 17.6 Å². The van der Waals surface area contributed by atoms with Gasteiger partial charge >= 0.3 is 0 Å². The van der Waals surface area contributed by atoms with E-state index in [-0.39, 0.29) is 12.3 Å². The highest BCUT2D eigenvalue weighted by atomic mass is 16.5. The maximum absolute atomic E-state index is 12.2. The van der Waals surface area contributed by atoms with Crippen molar-refractivity contribution in [3.8, 4) is 22.9 Å². The number of rotatable bonds is 7. The lowest BCUT2D eigenvalue weighted by Gasteiger charge is -2.11. The average Bonchev–Trinajstić information content (AvgIpc) is 2.81. The number of amides is 1. The van der Waals surface area contributed by atoms with Crippen molar-refractivity contribution >= 4 is 11.6 Å². The minimum Gasteiger partial charge on any atom is -0.438 e. The summed E-state index contributed by atoms with van der Waals surface area (Å²) in [5, 5.41) is 2.85. The summed E-state index contributed by atoms with van der Waals surface area (Å²) in [6, 6.07) is 16.5. The van der Waals surface area contributed by atoms with Gasteiger partial charge in [0.2, 0.25) is 11.8 Å². The predicted molar refractivity (Wildman–Crippen MR) is 118 cm³/mol. The summed E-state index contributed by atoms with van der Waals surface area (Å²) in [7, 11) is 0. The number of benzene rings is 1. The number of hydrogen-bond donors (Lipinski definition) is 1. The quantitative estimate of drug-likeness (QED) is 0.483. The van der Waals surface area contributed by atoms with Crippen LogP contribution in [0.15, 0.2) is 79.4 Å².